The molecule has 0 bridgehead atoms. The first-order chi connectivity index (χ1) is 5.34. The van der Waals surface area contributed by atoms with E-state index in [1.54, 1.807) is 0 Å². The highest BCUT2D eigenvalue weighted by Crippen LogP contribution is 2.13. The average molecular weight is 169 g/mol. The summed E-state index contributed by atoms with van der Waals surface area (Å²) in [5, 5.41) is 0. The van der Waals surface area contributed by atoms with Gasteiger partial charge in [0.1, 0.15) is 0 Å². The summed E-state index contributed by atoms with van der Waals surface area (Å²) < 4.78 is 0. The summed E-state index contributed by atoms with van der Waals surface area (Å²) in [4.78, 5) is 2.34. The van der Waals surface area contributed by atoms with E-state index in [-0.39, 0.29) is 0 Å². The van der Waals surface area contributed by atoms with Crippen LogP contribution in [0.4, 0.5) is 0 Å². The first-order valence-electron chi connectivity index (χ1n) is 3.99. The molecule has 1 nitrogen and oxygen atoms in total. The van der Waals surface area contributed by atoms with Gasteiger partial charge in [0.25, 0.3) is 0 Å². The third kappa shape index (κ3) is 2.62. The lowest BCUT2D eigenvalue weighted by Gasteiger charge is -2.28. The highest BCUT2D eigenvalue weighted by Gasteiger charge is 2.09. The minimum atomic E-state index is 1.16. The van der Waals surface area contributed by atoms with E-state index in [2.05, 4.69) is 17.6 Å². The molecule has 2 heteroatoms. The van der Waals surface area contributed by atoms with E-state index in [1.807, 2.05) is 24.8 Å². The Morgan fingerprint density at radius 3 is 2.64 bits per heavy atom. The smallest absolute Gasteiger partial charge is 0.0290 e. The van der Waals surface area contributed by atoms with Gasteiger partial charge in [-0.05, 0) is 13.0 Å². The van der Waals surface area contributed by atoms with Crippen molar-refractivity contribution in [1.82, 2.24) is 4.90 Å². The van der Waals surface area contributed by atoms with Crippen molar-refractivity contribution < 1.29 is 0 Å². The summed E-state index contributed by atoms with van der Waals surface area (Å²) in [6.07, 6.45) is 4.13. The van der Waals surface area contributed by atoms with Crippen LogP contribution in [0.1, 0.15) is 6.92 Å². The van der Waals surface area contributed by atoms with Gasteiger partial charge < -0.3 is 4.90 Å². The molecule has 62 valence electrons. The molecule has 0 saturated carbocycles. The molecule has 0 aliphatic carbocycles. The van der Waals surface area contributed by atoms with Crippen LogP contribution >= 0.6 is 11.8 Å². The number of hydrogen-bond acceptors (Lipinski definition) is 2. The van der Waals surface area contributed by atoms with E-state index in [4.69, 9.17) is 0 Å². The van der Waals surface area contributed by atoms with Gasteiger partial charge in [-0.3, -0.25) is 0 Å². The fraction of sp³-hybridized carbons (Fsp3) is 0.556. The van der Waals surface area contributed by atoms with Gasteiger partial charge in [-0.2, -0.15) is 11.8 Å². The second-order valence-corrected chi connectivity index (χ2v) is 3.82. The van der Waals surface area contributed by atoms with Gasteiger partial charge in [-0.25, -0.2) is 0 Å². The predicted molar refractivity (Wildman–Crippen MR) is 52.9 cm³/mol. The monoisotopic (exact) mass is 169 g/mol. The van der Waals surface area contributed by atoms with Crippen LogP contribution < -0.4 is 0 Å². The SMILES string of the molecule is C=C(/C=C\C)N1CCSCC1. The third-order valence-corrected chi connectivity index (χ3v) is 2.72. The Morgan fingerprint density at radius 1 is 1.45 bits per heavy atom. The second kappa shape index (κ2) is 4.50. The molecule has 1 aliphatic heterocycles. The lowest BCUT2D eigenvalue weighted by molar-refractivity contribution is 0.394. The zero-order valence-corrected chi connectivity index (χ0v) is 7.86. The first-order valence-corrected chi connectivity index (χ1v) is 5.14. The molecule has 1 fully saturated rings. The number of allylic oxidation sites excluding steroid dienone is 2. The minimum Gasteiger partial charge on any atom is -0.370 e. The molecule has 1 rings (SSSR count). The lowest BCUT2D eigenvalue weighted by Crippen LogP contribution is -2.30. The average Bonchev–Trinajstić information content (AvgIpc) is 2.07. The highest BCUT2D eigenvalue weighted by atomic mass is 32.2. The number of hydrogen-bond donors (Lipinski definition) is 0. The van der Waals surface area contributed by atoms with Crippen LogP contribution in [0.15, 0.2) is 24.4 Å². The molecule has 1 heterocycles. The molecule has 11 heavy (non-hydrogen) atoms. The molecule has 0 aromatic rings. The summed E-state index contributed by atoms with van der Waals surface area (Å²) in [7, 11) is 0. The fourth-order valence-electron chi connectivity index (χ4n) is 1.15. The van der Waals surface area contributed by atoms with E-state index in [0.717, 1.165) is 18.8 Å². The Balaban J connectivity index is 2.38. The van der Waals surface area contributed by atoms with Crippen molar-refractivity contribution in [2.45, 2.75) is 6.92 Å². The minimum absolute atomic E-state index is 1.16. The van der Waals surface area contributed by atoms with E-state index in [0.29, 0.717) is 0 Å². The van der Waals surface area contributed by atoms with Crippen molar-refractivity contribution in [3.63, 3.8) is 0 Å². The molecule has 0 atom stereocenters. The zero-order valence-electron chi connectivity index (χ0n) is 7.05. The van der Waals surface area contributed by atoms with E-state index < -0.39 is 0 Å². The quantitative estimate of drug-likeness (QED) is 0.583. The van der Waals surface area contributed by atoms with Crippen LogP contribution in [-0.2, 0) is 0 Å². The highest BCUT2D eigenvalue weighted by molar-refractivity contribution is 7.99. The lowest BCUT2D eigenvalue weighted by atomic mass is 10.3. The number of rotatable bonds is 2. The normalized spacial score (nSPS) is 19.2. The Kier molecular flexibility index (Phi) is 3.57. The van der Waals surface area contributed by atoms with Crippen molar-refractivity contribution in [2.24, 2.45) is 0 Å². The molecule has 0 unspecified atom stereocenters. The maximum atomic E-state index is 4.00. The van der Waals surface area contributed by atoms with Crippen molar-refractivity contribution in [1.29, 1.82) is 0 Å². The topological polar surface area (TPSA) is 3.24 Å². The van der Waals surface area contributed by atoms with Gasteiger partial charge in [0, 0.05) is 30.3 Å². The summed E-state index contributed by atoms with van der Waals surface area (Å²) in [6, 6.07) is 0. The van der Waals surface area contributed by atoms with Crippen LogP contribution in [0.25, 0.3) is 0 Å². The molecule has 1 aliphatic rings. The van der Waals surface area contributed by atoms with Crippen molar-refractivity contribution in [2.75, 3.05) is 24.6 Å². The Labute approximate surface area is 73.2 Å². The van der Waals surface area contributed by atoms with Crippen LogP contribution in [0.5, 0.6) is 0 Å². The number of nitrogens with zero attached hydrogens (tertiary/aromatic N) is 1. The Hall–Kier alpha value is -0.370. The van der Waals surface area contributed by atoms with E-state index in [9.17, 15) is 0 Å². The van der Waals surface area contributed by atoms with Crippen molar-refractivity contribution in [3.05, 3.63) is 24.4 Å². The number of thioether (sulfide) groups is 1. The summed E-state index contributed by atoms with van der Waals surface area (Å²) in [5.74, 6) is 2.49. The first kappa shape index (κ1) is 8.72. The predicted octanol–water partition coefficient (Wildman–Crippen LogP) is 2.12. The van der Waals surface area contributed by atoms with Gasteiger partial charge >= 0.3 is 0 Å². The van der Waals surface area contributed by atoms with Crippen LogP contribution in [0.3, 0.4) is 0 Å². The molecule has 1 saturated heterocycles. The van der Waals surface area contributed by atoms with Crippen LogP contribution in [0.2, 0.25) is 0 Å². The molecule has 0 aromatic carbocycles. The summed E-state index contributed by atoms with van der Waals surface area (Å²) >= 11 is 2.03. The van der Waals surface area contributed by atoms with Crippen LogP contribution in [0, 0.1) is 0 Å². The van der Waals surface area contributed by atoms with E-state index in [1.165, 1.54) is 11.5 Å². The second-order valence-electron chi connectivity index (χ2n) is 2.59. The Bertz CT molecular complexity index is 157. The molecule has 0 aromatic heterocycles. The standard InChI is InChI=1S/C9H15NS/c1-3-4-9(2)10-5-7-11-8-6-10/h3-4H,2,5-8H2,1H3/b4-3-. The van der Waals surface area contributed by atoms with Crippen molar-refractivity contribution >= 4 is 11.8 Å². The van der Waals surface area contributed by atoms with Gasteiger partial charge in [0.15, 0.2) is 0 Å². The zero-order chi connectivity index (χ0) is 8.10. The molecular weight excluding hydrogens is 154 g/mol. The van der Waals surface area contributed by atoms with E-state index >= 15 is 0 Å². The molecule has 0 radical (unpaired) electrons. The van der Waals surface area contributed by atoms with Gasteiger partial charge in [-0.1, -0.05) is 12.7 Å². The van der Waals surface area contributed by atoms with Crippen LogP contribution in [-0.4, -0.2) is 29.5 Å². The van der Waals surface area contributed by atoms with Crippen molar-refractivity contribution in [3.8, 4) is 0 Å². The summed E-state index contributed by atoms with van der Waals surface area (Å²) in [5.41, 5.74) is 1.16. The summed E-state index contributed by atoms with van der Waals surface area (Å²) in [6.45, 7) is 8.35. The maximum Gasteiger partial charge on any atom is 0.0290 e. The Morgan fingerprint density at radius 2 is 2.09 bits per heavy atom. The fourth-order valence-corrected chi connectivity index (χ4v) is 2.05. The third-order valence-electron chi connectivity index (χ3n) is 1.78. The molecule has 0 spiro atoms. The molecular formula is C9H15NS. The van der Waals surface area contributed by atoms with Gasteiger partial charge in [0.05, 0.1) is 0 Å². The maximum absolute atomic E-state index is 4.00. The molecule has 0 amide bonds. The van der Waals surface area contributed by atoms with Gasteiger partial charge in [0.2, 0.25) is 0 Å². The molecule has 0 N–H and O–H groups in total. The largest absolute Gasteiger partial charge is 0.370 e. The van der Waals surface area contributed by atoms with Gasteiger partial charge in [-0.15, -0.1) is 0 Å².